The quantitative estimate of drug-likeness (QED) is 0.764. The van der Waals surface area contributed by atoms with E-state index in [1.165, 1.54) is 12.1 Å². The summed E-state index contributed by atoms with van der Waals surface area (Å²) >= 11 is 0. The number of hydrogen-bond donors (Lipinski definition) is 2. The van der Waals surface area contributed by atoms with Crippen molar-refractivity contribution >= 4 is 33.2 Å². The van der Waals surface area contributed by atoms with E-state index in [-0.39, 0.29) is 10.8 Å². The number of hydrogen-bond acceptors (Lipinski definition) is 7. The molecule has 2 aliphatic rings. The molecule has 2 heterocycles. The summed E-state index contributed by atoms with van der Waals surface area (Å²) in [5.41, 5.74) is 4.05. The number of nitrogens with zero attached hydrogens (tertiary/aromatic N) is 4. The lowest BCUT2D eigenvalue weighted by Gasteiger charge is -2.09. The second-order valence-electron chi connectivity index (χ2n) is 6.73. The Morgan fingerprint density at radius 1 is 1.03 bits per heavy atom. The zero-order chi connectivity index (χ0) is 20.4. The van der Waals surface area contributed by atoms with Crippen LogP contribution in [0.15, 0.2) is 69.1 Å². The van der Waals surface area contributed by atoms with Crippen molar-refractivity contribution in [3.8, 4) is 0 Å². The fourth-order valence-corrected chi connectivity index (χ4v) is 3.97. The van der Waals surface area contributed by atoms with E-state index in [1.807, 2.05) is 18.2 Å². The molecule has 0 amide bonds. The molecule has 1 aliphatic heterocycles. The highest BCUT2D eigenvalue weighted by atomic mass is 32.2. The minimum Gasteiger partial charge on any atom is -0.378 e. The first kappa shape index (κ1) is 19.0. The summed E-state index contributed by atoms with van der Waals surface area (Å²) in [5.74, 6) is 0.772. The van der Waals surface area contributed by atoms with Crippen molar-refractivity contribution in [2.75, 3.05) is 16.6 Å². The van der Waals surface area contributed by atoms with E-state index in [2.05, 4.69) is 30.0 Å². The molecule has 0 atom stereocenters. The lowest BCUT2D eigenvalue weighted by Crippen LogP contribution is -2.16. The van der Waals surface area contributed by atoms with E-state index in [0.717, 1.165) is 23.5 Å². The van der Waals surface area contributed by atoms with E-state index in [1.54, 1.807) is 32.0 Å². The molecule has 0 fully saturated rings. The highest BCUT2D eigenvalue weighted by Gasteiger charge is 2.18. The number of rotatable bonds is 6. The summed E-state index contributed by atoms with van der Waals surface area (Å²) in [6.07, 6.45) is 6.76. The molecule has 2 N–H and O–H groups in total. The second kappa shape index (κ2) is 7.59. The molecule has 9 heteroatoms. The molecule has 2 aromatic rings. The molecule has 148 valence electrons. The number of benzene rings is 1. The Hall–Kier alpha value is -3.33. The Kier molecular flexibility index (Phi) is 4.98. The Labute approximate surface area is 169 Å². The molecular weight excluding hydrogens is 388 g/mol. The normalized spacial score (nSPS) is 15.3. The summed E-state index contributed by atoms with van der Waals surface area (Å²) in [4.78, 5) is 17.4. The third-order valence-corrected chi connectivity index (χ3v) is 5.68. The number of amidine groups is 1. The molecule has 29 heavy (non-hydrogen) atoms. The predicted octanol–water partition coefficient (Wildman–Crippen LogP) is 3.00. The van der Waals surface area contributed by atoms with Crippen LogP contribution in [0.5, 0.6) is 0 Å². The van der Waals surface area contributed by atoms with Gasteiger partial charge < -0.3 is 5.32 Å². The Balaban J connectivity index is 1.41. The van der Waals surface area contributed by atoms with Crippen molar-refractivity contribution in [1.29, 1.82) is 0 Å². The predicted molar refractivity (Wildman–Crippen MR) is 114 cm³/mol. The number of allylic oxidation sites excluding steroid dienone is 4. The molecule has 1 aromatic carbocycles. The molecule has 0 unspecified atom stereocenters. The molecule has 0 saturated carbocycles. The van der Waals surface area contributed by atoms with Crippen LogP contribution < -0.4 is 10.0 Å². The molecule has 0 saturated heterocycles. The van der Waals surface area contributed by atoms with Crippen molar-refractivity contribution in [2.45, 2.75) is 25.2 Å². The molecule has 8 nitrogen and oxygen atoms in total. The highest BCUT2D eigenvalue weighted by molar-refractivity contribution is 7.92. The fraction of sp³-hybridized carbons (Fsp3) is 0.200. The second-order valence-corrected chi connectivity index (χ2v) is 8.41. The molecule has 0 bridgehead atoms. The van der Waals surface area contributed by atoms with Crippen LogP contribution in [0.4, 0.5) is 11.6 Å². The number of anilines is 2. The molecule has 1 aromatic heterocycles. The van der Waals surface area contributed by atoms with Gasteiger partial charge in [-0.2, -0.15) is 0 Å². The van der Waals surface area contributed by atoms with Crippen LogP contribution >= 0.6 is 0 Å². The van der Waals surface area contributed by atoms with Gasteiger partial charge in [-0.3, -0.25) is 0 Å². The van der Waals surface area contributed by atoms with Crippen LogP contribution in [0.2, 0.25) is 0 Å². The van der Waals surface area contributed by atoms with Gasteiger partial charge in [0.15, 0.2) is 0 Å². The van der Waals surface area contributed by atoms with Gasteiger partial charge in [0.25, 0.3) is 10.0 Å². The largest absolute Gasteiger partial charge is 0.378 e. The first-order chi connectivity index (χ1) is 13.9. The average molecular weight is 408 g/mol. The standard InChI is InChI=1S/C20H20N6O2S/c1-13-11-14(2)23-20(22-13)26-29(27,28)16-9-7-15(8-10-16)21-12-19-24-17-5-3-4-6-18(17)25-19/h3-5,7-11,21H,6,12H2,1-2H3,(H,22,23,26). The summed E-state index contributed by atoms with van der Waals surface area (Å²) in [7, 11) is -3.77. The fourth-order valence-electron chi connectivity index (χ4n) is 3.03. The van der Waals surface area contributed by atoms with Gasteiger partial charge in [-0.25, -0.2) is 33.1 Å². The van der Waals surface area contributed by atoms with Crippen LogP contribution in [0, 0.1) is 13.8 Å². The first-order valence-corrected chi connectivity index (χ1v) is 10.6. The monoisotopic (exact) mass is 408 g/mol. The average Bonchev–Trinajstić information content (AvgIpc) is 3.08. The molecule has 4 rings (SSSR count). The lowest BCUT2D eigenvalue weighted by atomic mass is 10.1. The third kappa shape index (κ3) is 4.40. The Morgan fingerprint density at radius 3 is 2.45 bits per heavy atom. The zero-order valence-corrected chi connectivity index (χ0v) is 16.9. The number of sulfonamides is 1. The maximum Gasteiger partial charge on any atom is 0.264 e. The van der Waals surface area contributed by atoms with Gasteiger partial charge >= 0.3 is 0 Å². The van der Waals surface area contributed by atoms with Gasteiger partial charge in [0.05, 0.1) is 22.8 Å². The molecule has 0 spiro atoms. The van der Waals surface area contributed by atoms with Gasteiger partial charge in [0.2, 0.25) is 5.95 Å². The van der Waals surface area contributed by atoms with Gasteiger partial charge in [0.1, 0.15) is 5.84 Å². The summed E-state index contributed by atoms with van der Waals surface area (Å²) in [6.45, 7) is 4.03. The zero-order valence-electron chi connectivity index (χ0n) is 16.0. The molecule has 0 radical (unpaired) electrons. The van der Waals surface area contributed by atoms with Crippen LogP contribution in [0.25, 0.3) is 0 Å². The maximum atomic E-state index is 12.6. The van der Waals surface area contributed by atoms with Crippen LogP contribution in [0.3, 0.4) is 0 Å². The van der Waals surface area contributed by atoms with Crippen LogP contribution in [-0.2, 0) is 10.0 Å². The van der Waals surface area contributed by atoms with Gasteiger partial charge in [-0.1, -0.05) is 12.2 Å². The Morgan fingerprint density at radius 2 is 1.76 bits per heavy atom. The minimum absolute atomic E-state index is 0.0633. The van der Waals surface area contributed by atoms with Crippen molar-refractivity contribution in [2.24, 2.45) is 9.98 Å². The number of aliphatic imine (C=N–C) groups is 2. The number of aryl methyl sites for hydroxylation is 2. The van der Waals surface area contributed by atoms with E-state index < -0.39 is 10.0 Å². The SMILES string of the molecule is Cc1cc(C)nc(NS(=O)(=O)c2ccc(NCC3=NC4=CC=CCC4=N3)cc2)n1. The van der Waals surface area contributed by atoms with E-state index in [0.29, 0.717) is 23.8 Å². The lowest BCUT2D eigenvalue weighted by molar-refractivity contribution is 0.601. The van der Waals surface area contributed by atoms with Crippen molar-refractivity contribution in [3.63, 3.8) is 0 Å². The minimum atomic E-state index is -3.77. The smallest absolute Gasteiger partial charge is 0.264 e. The van der Waals surface area contributed by atoms with Crippen LogP contribution in [0.1, 0.15) is 17.8 Å². The summed E-state index contributed by atoms with van der Waals surface area (Å²) < 4.78 is 27.6. The van der Waals surface area contributed by atoms with E-state index >= 15 is 0 Å². The van der Waals surface area contributed by atoms with Crippen molar-refractivity contribution < 1.29 is 8.42 Å². The van der Waals surface area contributed by atoms with Gasteiger partial charge in [-0.05, 0) is 50.3 Å². The highest BCUT2D eigenvalue weighted by Crippen LogP contribution is 2.19. The topological polar surface area (TPSA) is 109 Å². The number of nitrogens with one attached hydrogen (secondary N) is 2. The molecular formula is C20H20N6O2S. The maximum absolute atomic E-state index is 12.6. The van der Waals surface area contributed by atoms with E-state index in [4.69, 9.17) is 0 Å². The summed E-state index contributed by atoms with van der Waals surface area (Å²) in [6, 6.07) is 8.24. The molecule has 1 aliphatic carbocycles. The van der Waals surface area contributed by atoms with Gasteiger partial charge in [-0.15, -0.1) is 0 Å². The third-order valence-electron chi connectivity index (χ3n) is 4.33. The Bertz CT molecular complexity index is 1160. The van der Waals surface area contributed by atoms with Gasteiger partial charge in [0, 0.05) is 23.5 Å². The van der Waals surface area contributed by atoms with Crippen molar-refractivity contribution in [3.05, 3.63) is 65.6 Å². The number of fused-ring (bicyclic) bond motifs is 1. The van der Waals surface area contributed by atoms with Crippen molar-refractivity contribution in [1.82, 2.24) is 9.97 Å². The van der Waals surface area contributed by atoms with E-state index in [9.17, 15) is 8.42 Å². The first-order valence-electron chi connectivity index (χ1n) is 9.10. The summed E-state index contributed by atoms with van der Waals surface area (Å²) in [5, 5.41) is 3.21. The van der Waals surface area contributed by atoms with Crippen LogP contribution in [-0.4, -0.2) is 36.5 Å². The number of aromatic nitrogens is 2.